The van der Waals surface area contributed by atoms with Crippen LogP contribution in [0.2, 0.25) is 0 Å². The Kier molecular flexibility index (Phi) is 5.64. The van der Waals surface area contributed by atoms with Crippen molar-refractivity contribution < 1.29 is 4.79 Å². The number of likely N-dealkylation sites (tertiary alicyclic amines) is 1. The molecule has 2 heterocycles. The minimum atomic E-state index is 0.150. The van der Waals surface area contributed by atoms with Gasteiger partial charge in [0.25, 0.3) is 5.91 Å². The van der Waals surface area contributed by atoms with Crippen LogP contribution in [0.15, 0.2) is 70.6 Å². The number of rotatable bonds is 5. The Morgan fingerprint density at radius 2 is 1.74 bits per heavy atom. The minimum absolute atomic E-state index is 0.150. The molecule has 0 unspecified atom stereocenters. The van der Waals surface area contributed by atoms with Crippen molar-refractivity contribution in [3.63, 3.8) is 0 Å². The summed E-state index contributed by atoms with van der Waals surface area (Å²) in [7, 11) is 0. The minimum Gasteiger partial charge on any atom is -0.339 e. The van der Waals surface area contributed by atoms with Crippen molar-refractivity contribution in [3.05, 3.63) is 76.5 Å². The van der Waals surface area contributed by atoms with Crippen LogP contribution >= 0.6 is 27.7 Å². The van der Waals surface area contributed by atoms with E-state index in [1.807, 2.05) is 53.7 Å². The van der Waals surface area contributed by atoms with Crippen LogP contribution in [0.25, 0.3) is 5.69 Å². The molecule has 138 valence electrons. The van der Waals surface area contributed by atoms with Crippen molar-refractivity contribution in [1.82, 2.24) is 14.5 Å². The fourth-order valence-corrected chi connectivity index (χ4v) is 4.38. The number of thioether (sulfide) groups is 1. The lowest BCUT2D eigenvalue weighted by atomic mass is 10.1. The van der Waals surface area contributed by atoms with E-state index in [0.717, 1.165) is 52.6 Å². The summed E-state index contributed by atoms with van der Waals surface area (Å²) in [6, 6.07) is 16.2. The Morgan fingerprint density at radius 3 is 2.44 bits per heavy atom. The second-order valence-electron chi connectivity index (χ2n) is 6.54. The van der Waals surface area contributed by atoms with Crippen molar-refractivity contribution in [3.8, 4) is 5.69 Å². The number of benzene rings is 2. The number of halogens is 1. The lowest BCUT2D eigenvalue weighted by molar-refractivity contribution is 0.0793. The van der Waals surface area contributed by atoms with Crippen molar-refractivity contribution in [2.24, 2.45) is 0 Å². The zero-order valence-corrected chi connectivity index (χ0v) is 17.2. The quantitative estimate of drug-likeness (QED) is 0.512. The highest BCUT2D eigenvalue weighted by molar-refractivity contribution is 9.10. The van der Waals surface area contributed by atoms with Gasteiger partial charge in [-0.1, -0.05) is 39.8 Å². The molecule has 27 heavy (non-hydrogen) atoms. The number of nitrogens with zero attached hydrogens (tertiary/aromatic N) is 3. The fraction of sp³-hybridized carbons (Fsp3) is 0.238. The van der Waals surface area contributed by atoms with Gasteiger partial charge in [0.2, 0.25) is 0 Å². The third-order valence-electron chi connectivity index (χ3n) is 4.67. The van der Waals surface area contributed by atoms with Crippen LogP contribution < -0.4 is 0 Å². The fourth-order valence-electron chi connectivity index (χ4n) is 3.19. The molecule has 0 atom stereocenters. The van der Waals surface area contributed by atoms with E-state index in [9.17, 15) is 4.79 Å². The molecule has 1 saturated heterocycles. The molecule has 0 saturated carbocycles. The number of aromatic nitrogens is 2. The van der Waals surface area contributed by atoms with E-state index in [1.165, 1.54) is 5.56 Å². The molecule has 0 aliphatic carbocycles. The standard InChI is InChI=1S/C21H20BrN3OS/c22-18-7-9-19(10-8-18)25-14-11-23-21(25)27-15-16-3-5-17(6-4-16)20(26)24-12-1-2-13-24/h3-11,14H,1-2,12-13,15H2. The predicted octanol–water partition coefficient (Wildman–Crippen LogP) is 5.16. The Hall–Kier alpha value is -2.05. The molecular formula is C21H20BrN3OS. The lowest BCUT2D eigenvalue weighted by Gasteiger charge is -2.15. The third kappa shape index (κ3) is 4.28. The summed E-state index contributed by atoms with van der Waals surface area (Å²) in [5, 5.41) is 0.953. The SMILES string of the molecule is O=C(c1ccc(CSc2nccn2-c2ccc(Br)cc2)cc1)N1CCCC1. The highest BCUT2D eigenvalue weighted by Crippen LogP contribution is 2.25. The van der Waals surface area contributed by atoms with Crippen LogP contribution in [-0.2, 0) is 5.75 Å². The van der Waals surface area contributed by atoms with Gasteiger partial charge in [-0.25, -0.2) is 4.98 Å². The van der Waals surface area contributed by atoms with Crippen molar-refractivity contribution >= 4 is 33.6 Å². The number of carbonyl (C=O) groups is 1. The van der Waals surface area contributed by atoms with E-state index in [4.69, 9.17) is 0 Å². The van der Waals surface area contributed by atoms with Gasteiger partial charge in [-0.15, -0.1) is 0 Å². The average molecular weight is 442 g/mol. The summed E-state index contributed by atoms with van der Waals surface area (Å²) in [6.07, 6.45) is 6.03. The highest BCUT2D eigenvalue weighted by atomic mass is 79.9. The largest absolute Gasteiger partial charge is 0.339 e. The molecule has 3 aromatic rings. The Balaban J connectivity index is 1.41. The molecule has 0 bridgehead atoms. The molecule has 1 aliphatic heterocycles. The molecule has 1 aliphatic rings. The first kappa shape index (κ1) is 18.3. The number of hydrogen-bond donors (Lipinski definition) is 0. The van der Waals surface area contributed by atoms with Crippen LogP contribution in [0.3, 0.4) is 0 Å². The Labute approximate surface area is 171 Å². The molecule has 4 nitrogen and oxygen atoms in total. The van der Waals surface area contributed by atoms with Gasteiger partial charge in [-0.3, -0.25) is 9.36 Å². The van der Waals surface area contributed by atoms with Gasteiger partial charge in [-0.05, 0) is 54.8 Å². The molecule has 4 rings (SSSR count). The van der Waals surface area contributed by atoms with Crippen molar-refractivity contribution in [2.75, 3.05) is 13.1 Å². The van der Waals surface area contributed by atoms with Crippen LogP contribution in [0.5, 0.6) is 0 Å². The molecular weight excluding hydrogens is 422 g/mol. The van der Waals surface area contributed by atoms with Gasteiger partial charge in [0, 0.05) is 47.0 Å². The van der Waals surface area contributed by atoms with Gasteiger partial charge in [0.15, 0.2) is 5.16 Å². The van der Waals surface area contributed by atoms with E-state index in [0.29, 0.717) is 0 Å². The second kappa shape index (κ2) is 8.31. The maximum absolute atomic E-state index is 12.4. The van der Waals surface area contributed by atoms with Gasteiger partial charge in [0.1, 0.15) is 0 Å². The first-order chi connectivity index (χ1) is 13.2. The van der Waals surface area contributed by atoms with E-state index >= 15 is 0 Å². The van der Waals surface area contributed by atoms with Gasteiger partial charge in [-0.2, -0.15) is 0 Å². The molecule has 6 heteroatoms. The van der Waals surface area contributed by atoms with Gasteiger partial charge in [0.05, 0.1) is 0 Å². The molecule has 0 radical (unpaired) electrons. The van der Waals surface area contributed by atoms with Gasteiger partial charge >= 0.3 is 0 Å². The van der Waals surface area contributed by atoms with E-state index < -0.39 is 0 Å². The van der Waals surface area contributed by atoms with E-state index in [-0.39, 0.29) is 5.91 Å². The highest BCUT2D eigenvalue weighted by Gasteiger charge is 2.19. The summed E-state index contributed by atoms with van der Waals surface area (Å²) in [6.45, 7) is 1.77. The van der Waals surface area contributed by atoms with Gasteiger partial charge < -0.3 is 4.90 Å². The molecule has 1 amide bonds. The van der Waals surface area contributed by atoms with E-state index in [2.05, 4.69) is 37.6 Å². The summed E-state index contributed by atoms with van der Waals surface area (Å²) in [5.74, 6) is 0.962. The molecule has 0 spiro atoms. The smallest absolute Gasteiger partial charge is 0.253 e. The lowest BCUT2D eigenvalue weighted by Crippen LogP contribution is -2.27. The van der Waals surface area contributed by atoms with Crippen LogP contribution in [-0.4, -0.2) is 33.4 Å². The predicted molar refractivity (Wildman–Crippen MR) is 112 cm³/mol. The number of imidazole rings is 1. The number of hydrogen-bond acceptors (Lipinski definition) is 3. The first-order valence-electron chi connectivity index (χ1n) is 9.01. The molecule has 1 aromatic heterocycles. The zero-order chi connectivity index (χ0) is 18.6. The monoisotopic (exact) mass is 441 g/mol. The second-order valence-corrected chi connectivity index (χ2v) is 8.40. The van der Waals surface area contributed by atoms with Crippen LogP contribution in [0.4, 0.5) is 0 Å². The van der Waals surface area contributed by atoms with Crippen molar-refractivity contribution in [2.45, 2.75) is 23.8 Å². The number of amides is 1. The molecule has 1 fully saturated rings. The third-order valence-corrected chi connectivity index (χ3v) is 6.24. The molecule has 0 N–H and O–H groups in total. The first-order valence-corrected chi connectivity index (χ1v) is 10.8. The normalized spacial score (nSPS) is 13.9. The topological polar surface area (TPSA) is 38.1 Å². The summed E-state index contributed by atoms with van der Waals surface area (Å²) >= 11 is 5.16. The van der Waals surface area contributed by atoms with Crippen LogP contribution in [0, 0.1) is 0 Å². The summed E-state index contributed by atoms with van der Waals surface area (Å²) in [5.41, 5.74) is 3.05. The maximum atomic E-state index is 12.4. The summed E-state index contributed by atoms with van der Waals surface area (Å²) < 4.78 is 3.15. The maximum Gasteiger partial charge on any atom is 0.253 e. The molecule has 2 aromatic carbocycles. The van der Waals surface area contributed by atoms with E-state index in [1.54, 1.807) is 11.8 Å². The Bertz CT molecular complexity index is 915. The average Bonchev–Trinajstić information content (AvgIpc) is 3.39. The van der Waals surface area contributed by atoms with Crippen LogP contribution in [0.1, 0.15) is 28.8 Å². The Morgan fingerprint density at radius 1 is 1.04 bits per heavy atom. The van der Waals surface area contributed by atoms with Crippen molar-refractivity contribution in [1.29, 1.82) is 0 Å². The number of carbonyl (C=O) groups excluding carboxylic acids is 1. The zero-order valence-electron chi connectivity index (χ0n) is 14.8. The summed E-state index contributed by atoms with van der Waals surface area (Å²) in [4.78, 5) is 18.9.